The summed E-state index contributed by atoms with van der Waals surface area (Å²) in [5.74, 6) is 0.642. The van der Waals surface area contributed by atoms with Gasteiger partial charge in [0.25, 0.3) is 0 Å². The molecule has 2 aromatic heterocycles. The van der Waals surface area contributed by atoms with E-state index in [1.54, 1.807) is 29.8 Å². The molecule has 0 fully saturated rings. The summed E-state index contributed by atoms with van der Waals surface area (Å²) in [5.41, 5.74) is 1.12. The highest BCUT2D eigenvalue weighted by molar-refractivity contribution is 9.10. The Balaban J connectivity index is 2.89. The molecule has 0 aliphatic carbocycles. The molecule has 0 saturated heterocycles. The second kappa shape index (κ2) is 3.31. The number of rotatable bonds is 1. The fourth-order valence-electron chi connectivity index (χ4n) is 1.28. The minimum absolute atomic E-state index is 0.525. The third kappa shape index (κ3) is 1.16. The lowest BCUT2D eigenvalue weighted by Gasteiger charge is -2.04. The molecule has 2 heterocycles. The fourth-order valence-corrected chi connectivity index (χ4v) is 1.73. The molecular formula is C9H6BrN3O. The van der Waals surface area contributed by atoms with Gasteiger partial charge in [0.1, 0.15) is 10.7 Å². The minimum atomic E-state index is 0.525. The van der Waals surface area contributed by atoms with Crippen molar-refractivity contribution in [3.05, 3.63) is 28.5 Å². The van der Waals surface area contributed by atoms with Gasteiger partial charge in [-0.05, 0) is 22.0 Å². The first-order valence-corrected chi connectivity index (χ1v) is 4.67. The van der Waals surface area contributed by atoms with Crippen LogP contribution in [0.5, 0.6) is 5.88 Å². The second-order valence-electron chi connectivity index (χ2n) is 2.64. The van der Waals surface area contributed by atoms with Crippen molar-refractivity contribution in [2.24, 2.45) is 0 Å². The van der Waals surface area contributed by atoms with Crippen LogP contribution < -0.4 is 4.74 Å². The molecule has 70 valence electrons. The Hall–Kier alpha value is -1.54. The van der Waals surface area contributed by atoms with Crippen LogP contribution in [0.15, 0.2) is 22.9 Å². The Bertz CT molecular complexity index is 527. The quantitative estimate of drug-likeness (QED) is 0.779. The predicted molar refractivity (Wildman–Crippen MR) is 54.2 cm³/mol. The average Bonchev–Trinajstić information content (AvgIpc) is 2.60. The van der Waals surface area contributed by atoms with E-state index in [0.29, 0.717) is 17.1 Å². The summed E-state index contributed by atoms with van der Waals surface area (Å²) in [5, 5.41) is 8.85. The zero-order chi connectivity index (χ0) is 10.1. The van der Waals surface area contributed by atoms with E-state index in [9.17, 15) is 0 Å². The van der Waals surface area contributed by atoms with Gasteiger partial charge in [0, 0.05) is 6.07 Å². The van der Waals surface area contributed by atoms with Crippen LogP contribution in [0.3, 0.4) is 0 Å². The van der Waals surface area contributed by atoms with E-state index in [2.05, 4.69) is 27.0 Å². The highest BCUT2D eigenvalue weighted by atomic mass is 79.9. The van der Waals surface area contributed by atoms with Crippen molar-refractivity contribution >= 4 is 21.6 Å². The molecule has 0 bridgehead atoms. The Morgan fingerprint density at radius 2 is 2.36 bits per heavy atom. The molecule has 0 unspecified atom stereocenters. The van der Waals surface area contributed by atoms with Crippen LogP contribution in [0.2, 0.25) is 0 Å². The molecule has 14 heavy (non-hydrogen) atoms. The molecule has 2 rings (SSSR count). The number of aromatic nitrogens is 2. The highest BCUT2D eigenvalue weighted by Crippen LogP contribution is 2.23. The van der Waals surface area contributed by atoms with E-state index in [1.165, 1.54) is 0 Å². The summed E-state index contributed by atoms with van der Waals surface area (Å²) in [7, 11) is 1.58. The van der Waals surface area contributed by atoms with Crippen LogP contribution in [-0.4, -0.2) is 16.5 Å². The first-order valence-electron chi connectivity index (χ1n) is 3.88. The zero-order valence-corrected chi connectivity index (χ0v) is 8.95. The molecule has 0 aromatic carbocycles. The number of nitriles is 1. The van der Waals surface area contributed by atoms with Gasteiger partial charge in [0.05, 0.1) is 18.9 Å². The van der Waals surface area contributed by atoms with Crippen molar-refractivity contribution in [1.82, 2.24) is 9.38 Å². The van der Waals surface area contributed by atoms with Crippen LogP contribution in [0, 0.1) is 11.3 Å². The average molecular weight is 252 g/mol. The SMILES string of the molecule is COc1ccc(C#N)c2ncc(Br)n12. The summed E-state index contributed by atoms with van der Waals surface area (Å²) >= 11 is 3.33. The van der Waals surface area contributed by atoms with Gasteiger partial charge < -0.3 is 4.74 Å². The van der Waals surface area contributed by atoms with Crippen LogP contribution in [-0.2, 0) is 0 Å². The van der Waals surface area contributed by atoms with Crippen molar-refractivity contribution in [3.63, 3.8) is 0 Å². The van der Waals surface area contributed by atoms with Crippen molar-refractivity contribution < 1.29 is 4.74 Å². The summed E-state index contributed by atoms with van der Waals surface area (Å²) in [6, 6.07) is 5.50. The smallest absolute Gasteiger partial charge is 0.199 e. The minimum Gasteiger partial charge on any atom is -0.482 e. The van der Waals surface area contributed by atoms with Gasteiger partial charge in [-0.2, -0.15) is 5.26 Å². The predicted octanol–water partition coefficient (Wildman–Crippen LogP) is 1.98. The lowest BCUT2D eigenvalue weighted by molar-refractivity contribution is 0.391. The number of halogens is 1. The van der Waals surface area contributed by atoms with Crippen molar-refractivity contribution in [1.29, 1.82) is 5.26 Å². The largest absolute Gasteiger partial charge is 0.482 e. The van der Waals surface area contributed by atoms with Crippen LogP contribution in [0.4, 0.5) is 0 Å². The molecule has 2 aromatic rings. The Labute approximate surface area is 88.9 Å². The molecule has 0 saturated carbocycles. The van der Waals surface area contributed by atoms with E-state index in [0.717, 1.165) is 4.60 Å². The lowest BCUT2D eigenvalue weighted by Crippen LogP contribution is -1.95. The number of imidazole rings is 1. The molecule has 5 heteroatoms. The molecule has 0 N–H and O–H groups in total. The van der Waals surface area contributed by atoms with Gasteiger partial charge in [-0.1, -0.05) is 0 Å². The van der Waals surface area contributed by atoms with Crippen molar-refractivity contribution in [2.45, 2.75) is 0 Å². The first-order chi connectivity index (χ1) is 6.77. The topological polar surface area (TPSA) is 50.3 Å². The van der Waals surface area contributed by atoms with Gasteiger partial charge in [0.2, 0.25) is 0 Å². The first kappa shape index (κ1) is 9.03. The number of nitrogens with zero attached hydrogens (tertiary/aromatic N) is 3. The summed E-state index contributed by atoms with van der Waals surface area (Å²) in [6.07, 6.45) is 1.64. The number of ether oxygens (including phenoxy) is 1. The van der Waals surface area contributed by atoms with Gasteiger partial charge >= 0.3 is 0 Å². The Kier molecular flexibility index (Phi) is 2.14. The van der Waals surface area contributed by atoms with Crippen LogP contribution >= 0.6 is 15.9 Å². The summed E-state index contributed by atoms with van der Waals surface area (Å²) in [6.45, 7) is 0. The maximum absolute atomic E-state index is 8.85. The van der Waals surface area contributed by atoms with Crippen LogP contribution in [0.25, 0.3) is 5.65 Å². The standard InChI is InChI=1S/C9H6BrN3O/c1-14-8-3-2-6(4-11)9-12-5-7(10)13(8)9/h2-3,5H,1H3. The van der Waals surface area contributed by atoms with E-state index in [4.69, 9.17) is 10.00 Å². The third-order valence-electron chi connectivity index (χ3n) is 1.90. The Morgan fingerprint density at radius 1 is 1.57 bits per heavy atom. The second-order valence-corrected chi connectivity index (χ2v) is 3.45. The van der Waals surface area contributed by atoms with Crippen LogP contribution in [0.1, 0.15) is 5.56 Å². The normalized spacial score (nSPS) is 10.1. The van der Waals surface area contributed by atoms with Crippen molar-refractivity contribution in [2.75, 3.05) is 7.11 Å². The van der Waals surface area contributed by atoms with Gasteiger partial charge in [-0.3, -0.25) is 4.40 Å². The fraction of sp³-hybridized carbons (Fsp3) is 0.111. The highest BCUT2D eigenvalue weighted by Gasteiger charge is 2.09. The summed E-state index contributed by atoms with van der Waals surface area (Å²) < 4.78 is 7.65. The molecule has 0 amide bonds. The lowest BCUT2D eigenvalue weighted by atomic mass is 10.3. The molecule has 0 atom stereocenters. The maximum Gasteiger partial charge on any atom is 0.199 e. The number of fused-ring (bicyclic) bond motifs is 1. The van der Waals surface area contributed by atoms with E-state index in [-0.39, 0.29) is 0 Å². The zero-order valence-electron chi connectivity index (χ0n) is 7.36. The van der Waals surface area contributed by atoms with Gasteiger partial charge in [-0.25, -0.2) is 4.98 Å². The number of methoxy groups -OCH3 is 1. The monoisotopic (exact) mass is 251 g/mol. The number of pyridine rings is 1. The molecule has 0 radical (unpaired) electrons. The maximum atomic E-state index is 8.85. The third-order valence-corrected chi connectivity index (χ3v) is 2.46. The Morgan fingerprint density at radius 3 is 3.00 bits per heavy atom. The van der Waals surface area contributed by atoms with Gasteiger partial charge in [0.15, 0.2) is 11.5 Å². The molecule has 4 nitrogen and oxygen atoms in total. The van der Waals surface area contributed by atoms with Gasteiger partial charge in [-0.15, -0.1) is 0 Å². The molecule has 0 aliphatic rings. The number of hydrogen-bond acceptors (Lipinski definition) is 3. The van der Waals surface area contributed by atoms with E-state index in [1.807, 2.05) is 0 Å². The molecular weight excluding hydrogens is 246 g/mol. The van der Waals surface area contributed by atoms with Crippen molar-refractivity contribution in [3.8, 4) is 11.9 Å². The van der Waals surface area contributed by atoms with E-state index >= 15 is 0 Å². The number of hydrogen-bond donors (Lipinski definition) is 0. The summed E-state index contributed by atoms with van der Waals surface area (Å²) in [4.78, 5) is 4.11. The van der Waals surface area contributed by atoms with E-state index < -0.39 is 0 Å². The molecule has 0 aliphatic heterocycles. The molecule has 0 spiro atoms.